The molecule has 0 atom stereocenters. The van der Waals surface area contributed by atoms with Gasteiger partial charge < -0.3 is 9.80 Å². The zero-order chi connectivity index (χ0) is 15.9. The summed E-state index contributed by atoms with van der Waals surface area (Å²) in [7, 11) is 0. The molecule has 22 heavy (non-hydrogen) atoms. The first-order valence-corrected chi connectivity index (χ1v) is 8.27. The van der Waals surface area contributed by atoms with Crippen LogP contribution in [0.4, 0.5) is 11.4 Å². The van der Waals surface area contributed by atoms with E-state index in [1.54, 1.807) is 0 Å². The molecular weight excluding hydrogens is 268 g/mol. The number of aryl methyl sites for hydroxylation is 2. The van der Waals surface area contributed by atoms with Gasteiger partial charge in [0, 0.05) is 37.6 Å². The van der Waals surface area contributed by atoms with Crippen LogP contribution in [0.25, 0.3) is 0 Å². The summed E-state index contributed by atoms with van der Waals surface area (Å²) in [6, 6.07) is 17.6. The van der Waals surface area contributed by atoms with Gasteiger partial charge in [-0.3, -0.25) is 0 Å². The fourth-order valence-corrected chi connectivity index (χ4v) is 2.83. The summed E-state index contributed by atoms with van der Waals surface area (Å²) in [6.45, 7) is 12.9. The van der Waals surface area contributed by atoms with Crippen LogP contribution in [0, 0.1) is 13.8 Å². The summed E-state index contributed by atoms with van der Waals surface area (Å²) < 4.78 is 0. The summed E-state index contributed by atoms with van der Waals surface area (Å²) in [6.07, 6.45) is 0. The monoisotopic (exact) mass is 296 g/mol. The number of hydrogen-bond acceptors (Lipinski definition) is 2. The number of benzene rings is 2. The van der Waals surface area contributed by atoms with Crippen molar-refractivity contribution in [3.8, 4) is 0 Å². The molecule has 0 fully saturated rings. The Bertz CT molecular complexity index is 538. The van der Waals surface area contributed by atoms with Gasteiger partial charge in [-0.15, -0.1) is 0 Å². The molecule has 0 saturated carbocycles. The normalized spacial score (nSPS) is 10.5. The van der Waals surface area contributed by atoms with Crippen LogP contribution in [-0.2, 0) is 0 Å². The van der Waals surface area contributed by atoms with Gasteiger partial charge in [-0.2, -0.15) is 0 Å². The van der Waals surface area contributed by atoms with Crippen LogP contribution in [0.2, 0.25) is 0 Å². The molecule has 0 radical (unpaired) electrons. The second-order valence-corrected chi connectivity index (χ2v) is 5.84. The van der Waals surface area contributed by atoms with Crippen molar-refractivity contribution in [1.29, 1.82) is 0 Å². The number of anilines is 2. The van der Waals surface area contributed by atoms with Crippen LogP contribution in [-0.4, -0.2) is 26.2 Å². The highest BCUT2D eigenvalue weighted by atomic mass is 15.2. The minimum atomic E-state index is 1.04. The molecule has 0 amide bonds. The maximum Gasteiger partial charge on any atom is 0.0369 e. The Kier molecular flexibility index (Phi) is 5.88. The molecule has 0 bridgehead atoms. The van der Waals surface area contributed by atoms with E-state index in [-0.39, 0.29) is 0 Å². The first kappa shape index (κ1) is 16.4. The second kappa shape index (κ2) is 7.88. The molecular formula is C20H28N2. The average Bonchev–Trinajstić information content (AvgIpc) is 2.52. The molecule has 118 valence electrons. The van der Waals surface area contributed by atoms with E-state index in [2.05, 4.69) is 86.0 Å². The van der Waals surface area contributed by atoms with Crippen molar-refractivity contribution in [2.45, 2.75) is 27.7 Å². The van der Waals surface area contributed by atoms with Crippen LogP contribution in [0.1, 0.15) is 25.0 Å². The predicted molar refractivity (Wildman–Crippen MR) is 98.1 cm³/mol. The molecule has 0 spiro atoms. The van der Waals surface area contributed by atoms with Gasteiger partial charge in [-0.25, -0.2) is 0 Å². The number of rotatable bonds is 7. The fraction of sp³-hybridized carbons (Fsp3) is 0.400. The van der Waals surface area contributed by atoms with E-state index >= 15 is 0 Å². The van der Waals surface area contributed by atoms with E-state index in [1.807, 2.05) is 0 Å². The van der Waals surface area contributed by atoms with Gasteiger partial charge in [0.2, 0.25) is 0 Å². The summed E-state index contributed by atoms with van der Waals surface area (Å²) in [4.78, 5) is 4.90. The highest BCUT2D eigenvalue weighted by molar-refractivity contribution is 5.51. The second-order valence-electron chi connectivity index (χ2n) is 5.84. The number of likely N-dealkylation sites (N-methyl/N-ethyl adjacent to an activating group) is 2. The molecule has 2 nitrogen and oxygen atoms in total. The Hall–Kier alpha value is -1.96. The lowest BCUT2D eigenvalue weighted by Crippen LogP contribution is -2.35. The quantitative estimate of drug-likeness (QED) is 0.733. The van der Waals surface area contributed by atoms with Crippen molar-refractivity contribution in [3.63, 3.8) is 0 Å². The first-order chi connectivity index (χ1) is 10.6. The Morgan fingerprint density at radius 2 is 1.09 bits per heavy atom. The van der Waals surface area contributed by atoms with E-state index in [9.17, 15) is 0 Å². The van der Waals surface area contributed by atoms with Gasteiger partial charge in [0.1, 0.15) is 0 Å². The van der Waals surface area contributed by atoms with Crippen LogP contribution in [0.15, 0.2) is 48.5 Å². The van der Waals surface area contributed by atoms with Gasteiger partial charge in [0.15, 0.2) is 0 Å². The Morgan fingerprint density at radius 1 is 0.682 bits per heavy atom. The predicted octanol–water partition coefficient (Wildman–Crippen LogP) is 4.66. The minimum absolute atomic E-state index is 1.04. The van der Waals surface area contributed by atoms with E-state index < -0.39 is 0 Å². The van der Waals surface area contributed by atoms with Crippen molar-refractivity contribution in [1.82, 2.24) is 0 Å². The van der Waals surface area contributed by atoms with Crippen molar-refractivity contribution < 1.29 is 0 Å². The summed E-state index contributed by atoms with van der Waals surface area (Å²) in [5.74, 6) is 0. The van der Waals surface area contributed by atoms with Crippen molar-refractivity contribution >= 4 is 11.4 Å². The lowest BCUT2D eigenvalue weighted by atomic mass is 10.2. The van der Waals surface area contributed by atoms with Crippen LogP contribution in [0.3, 0.4) is 0 Å². The van der Waals surface area contributed by atoms with E-state index in [4.69, 9.17) is 0 Å². The highest BCUT2D eigenvalue weighted by Crippen LogP contribution is 2.18. The number of nitrogens with zero attached hydrogens (tertiary/aromatic N) is 2. The molecule has 0 heterocycles. The third-order valence-electron chi connectivity index (χ3n) is 4.14. The molecule has 2 aromatic carbocycles. The minimum Gasteiger partial charge on any atom is -0.370 e. The maximum absolute atomic E-state index is 2.45. The average molecular weight is 296 g/mol. The maximum atomic E-state index is 2.45. The third kappa shape index (κ3) is 4.27. The lowest BCUT2D eigenvalue weighted by molar-refractivity contribution is 0.753. The lowest BCUT2D eigenvalue weighted by Gasteiger charge is -2.29. The molecule has 2 heteroatoms. The Labute approximate surface area is 135 Å². The molecule has 0 aliphatic heterocycles. The smallest absolute Gasteiger partial charge is 0.0369 e. The molecule has 0 aliphatic rings. The van der Waals surface area contributed by atoms with Crippen LogP contribution in [0.5, 0.6) is 0 Å². The first-order valence-electron chi connectivity index (χ1n) is 8.27. The van der Waals surface area contributed by atoms with Crippen molar-refractivity contribution in [2.24, 2.45) is 0 Å². The van der Waals surface area contributed by atoms with E-state index in [0.29, 0.717) is 0 Å². The van der Waals surface area contributed by atoms with Gasteiger partial charge in [-0.05, 0) is 63.1 Å². The molecule has 0 aromatic heterocycles. The third-order valence-corrected chi connectivity index (χ3v) is 4.14. The van der Waals surface area contributed by atoms with Crippen LogP contribution < -0.4 is 9.80 Å². The topological polar surface area (TPSA) is 6.48 Å². The Morgan fingerprint density at radius 3 is 1.41 bits per heavy atom. The van der Waals surface area contributed by atoms with Crippen molar-refractivity contribution in [2.75, 3.05) is 36.0 Å². The highest BCUT2D eigenvalue weighted by Gasteiger charge is 2.09. The Balaban J connectivity index is 2.05. The summed E-state index contributed by atoms with van der Waals surface area (Å²) >= 11 is 0. The SMILES string of the molecule is CCN(CCN(CC)c1cccc(C)c1)c1cccc(C)c1. The van der Waals surface area contributed by atoms with Gasteiger partial charge in [0.05, 0.1) is 0 Å². The van der Waals surface area contributed by atoms with Crippen molar-refractivity contribution in [3.05, 3.63) is 59.7 Å². The van der Waals surface area contributed by atoms with Gasteiger partial charge in [0.25, 0.3) is 0 Å². The van der Waals surface area contributed by atoms with E-state index in [0.717, 1.165) is 26.2 Å². The summed E-state index contributed by atoms with van der Waals surface area (Å²) in [5.41, 5.74) is 5.29. The van der Waals surface area contributed by atoms with Crippen LogP contribution >= 0.6 is 0 Å². The number of hydrogen-bond donors (Lipinski definition) is 0. The standard InChI is InChI=1S/C20H28N2/c1-5-21(19-11-7-9-17(3)15-19)13-14-22(6-2)20-12-8-10-18(4)16-20/h7-12,15-16H,5-6,13-14H2,1-4H3. The van der Waals surface area contributed by atoms with Gasteiger partial charge >= 0.3 is 0 Å². The zero-order valence-electron chi connectivity index (χ0n) is 14.3. The zero-order valence-corrected chi connectivity index (χ0v) is 14.3. The molecule has 0 unspecified atom stereocenters. The molecule has 0 aliphatic carbocycles. The largest absolute Gasteiger partial charge is 0.370 e. The van der Waals surface area contributed by atoms with E-state index in [1.165, 1.54) is 22.5 Å². The molecule has 2 aromatic rings. The molecule has 0 N–H and O–H groups in total. The summed E-state index contributed by atoms with van der Waals surface area (Å²) in [5, 5.41) is 0. The molecule has 2 rings (SSSR count). The molecule has 0 saturated heterocycles. The fourth-order valence-electron chi connectivity index (χ4n) is 2.83. The van der Waals surface area contributed by atoms with Gasteiger partial charge in [-0.1, -0.05) is 24.3 Å².